The Morgan fingerprint density at radius 3 is 2.21 bits per heavy atom. The van der Waals surface area contributed by atoms with Crippen LogP contribution in [-0.4, -0.2) is 42.1 Å². The molecule has 33 heavy (non-hydrogen) atoms. The summed E-state index contributed by atoms with van der Waals surface area (Å²) in [7, 11) is 0. The average molecular weight is 480 g/mol. The number of amides is 1. The fourth-order valence-electron chi connectivity index (χ4n) is 3.49. The molecule has 1 aliphatic rings. The molecule has 0 aliphatic carbocycles. The third-order valence-corrected chi connectivity index (χ3v) is 5.45. The van der Waals surface area contributed by atoms with Crippen molar-refractivity contribution in [3.63, 3.8) is 0 Å². The molecule has 1 saturated heterocycles. The van der Waals surface area contributed by atoms with Crippen molar-refractivity contribution in [2.75, 3.05) is 41.3 Å². The van der Waals surface area contributed by atoms with Gasteiger partial charge in [0, 0.05) is 44.1 Å². The number of anilines is 3. The van der Waals surface area contributed by atoms with Crippen LogP contribution in [0.2, 0.25) is 5.02 Å². The number of nitrogens with zero attached hydrogens (tertiary/aromatic N) is 4. The Morgan fingerprint density at radius 1 is 0.970 bits per heavy atom. The van der Waals surface area contributed by atoms with Crippen molar-refractivity contribution in [1.82, 2.24) is 9.97 Å². The number of hydrogen-bond donors (Lipinski definition) is 1. The van der Waals surface area contributed by atoms with Gasteiger partial charge in [0.15, 0.2) is 5.82 Å². The van der Waals surface area contributed by atoms with Crippen molar-refractivity contribution in [2.24, 2.45) is 0 Å². The molecule has 6 nitrogen and oxygen atoms in total. The molecule has 0 saturated carbocycles. The highest BCUT2D eigenvalue weighted by Crippen LogP contribution is 2.34. The fourth-order valence-corrected chi connectivity index (χ4v) is 3.78. The monoisotopic (exact) mass is 479 g/mol. The molecule has 1 N–H and O–H groups in total. The number of piperazine rings is 1. The third kappa shape index (κ3) is 5.16. The second-order valence-electron chi connectivity index (χ2n) is 7.34. The van der Waals surface area contributed by atoms with Crippen LogP contribution in [0.5, 0.6) is 0 Å². The van der Waals surface area contributed by atoms with Gasteiger partial charge in [0.1, 0.15) is 11.6 Å². The maximum Gasteiger partial charge on any atom is 0.417 e. The van der Waals surface area contributed by atoms with Gasteiger partial charge in [-0.2, -0.15) is 13.2 Å². The first-order valence-corrected chi connectivity index (χ1v) is 10.3. The van der Waals surface area contributed by atoms with E-state index in [4.69, 9.17) is 11.6 Å². The number of carbonyl (C=O) groups excluding carboxylic acids is 1. The number of alkyl halides is 3. The number of hydrogen-bond acceptors (Lipinski definition) is 5. The van der Waals surface area contributed by atoms with Crippen LogP contribution in [0.4, 0.5) is 34.9 Å². The molecule has 1 fully saturated rings. The standard InChI is InChI=1S/C22H18ClF4N5O/c23-17-12-15(22(25,26)27)13-29-19(17)31-8-10-32(11-9-31)20-18(2-1-7-28-20)30-21(33)14-3-5-16(24)6-4-14/h1-7,12-13H,8-11H2,(H,30,33). The SMILES string of the molecule is O=C(Nc1cccnc1N1CCN(c2ncc(C(F)(F)F)cc2Cl)CC1)c1ccc(F)cc1. The second-order valence-corrected chi connectivity index (χ2v) is 7.74. The molecule has 2 aromatic heterocycles. The molecule has 1 aliphatic heterocycles. The van der Waals surface area contributed by atoms with Crippen molar-refractivity contribution in [2.45, 2.75) is 6.18 Å². The van der Waals surface area contributed by atoms with Crippen molar-refractivity contribution in [3.05, 3.63) is 76.8 Å². The Labute approximate surface area is 191 Å². The Morgan fingerprint density at radius 2 is 1.61 bits per heavy atom. The fraction of sp³-hybridized carbons (Fsp3) is 0.227. The Kier molecular flexibility index (Phi) is 6.37. The first-order chi connectivity index (χ1) is 15.7. The van der Waals surface area contributed by atoms with E-state index < -0.39 is 23.5 Å². The van der Waals surface area contributed by atoms with E-state index in [1.54, 1.807) is 23.2 Å². The Hall–Kier alpha value is -3.40. The Bertz CT molecular complexity index is 1150. The van der Waals surface area contributed by atoms with E-state index in [1.807, 2.05) is 4.90 Å². The van der Waals surface area contributed by atoms with E-state index in [1.165, 1.54) is 24.3 Å². The van der Waals surface area contributed by atoms with Crippen molar-refractivity contribution in [1.29, 1.82) is 0 Å². The highest BCUT2D eigenvalue weighted by molar-refractivity contribution is 6.33. The van der Waals surface area contributed by atoms with E-state index in [0.29, 0.717) is 43.2 Å². The summed E-state index contributed by atoms with van der Waals surface area (Å²) in [5.74, 6) is 0.00649. The molecule has 11 heteroatoms. The highest BCUT2D eigenvalue weighted by atomic mass is 35.5. The topological polar surface area (TPSA) is 61.4 Å². The zero-order chi connectivity index (χ0) is 23.6. The van der Waals surface area contributed by atoms with E-state index in [-0.39, 0.29) is 10.8 Å². The minimum Gasteiger partial charge on any atom is -0.352 e. The lowest BCUT2D eigenvalue weighted by Gasteiger charge is -2.37. The van der Waals surface area contributed by atoms with Crippen LogP contribution < -0.4 is 15.1 Å². The summed E-state index contributed by atoms with van der Waals surface area (Å²) in [5, 5.41) is 2.73. The summed E-state index contributed by atoms with van der Waals surface area (Å²) in [4.78, 5) is 24.6. The molecule has 1 amide bonds. The molecule has 0 bridgehead atoms. The predicted octanol–water partition coefficient (Wildman–Crippen LogP) is 4.87. The minimum atomic E-state index is -4.51. The summed E-state index contributed by atoms with van der Waals surface area (Å²) in [6.07, 6.45) is -2.14. The van der Waals surface area contributed by atoms with Gasteiger partial charge in [-0.3, -0.25) is 4.79 Å². The van der Waals surface area contributed by atoms with E-state index >= 15 is 0 Å². The number of aromatic nitrogens is 2. The lowest BCUT2D eigenvalue weighted by atomic mass is 10.2. The molecule has 0 spiro atoms. The molecule has 0 unspecified atom stereocenters. The summed E-state index contributed by atoms with van der Waals surface area (Å²) < 4.78 is 51.7. The maximum absolute atomic E-state index is 13.1. The number of carbonyl (C=O) groups is 1. The second kappa shape index (κ2) is 9.22. The molecule has 0 radical (unpaired) electrons. The highest BCUT2D eigenvalue weighted by Gasteiger charge is 2.32. The van der Waals surface area contributed by atoms with Crippen molar-refractivity contribution < 1.29 is 22.4 Å². The van der Waals surface area contributed by atoms with E-state index in [9.17, 15) is 22.4 Å². The largest absolute Gasteiger partial charge is 0.417 e. The summed E-state index contributed by atoms with van der Waals surface area (Å²) in [6.45, 7) is 1.85. The number of nitrogens with one attached hydrogen (secondary N) is 1. The van der Waals surface area contributed by atoms with Gasteiger partial charge in [0.25, 0.3) is 5.91 Å². The number of rotatable bonds is 4. The number of pyridine rings is 2. The van der Waals surface area contributed by atoms with Gasteiger partial charge >= 0.3 is 6.18 Å². The van der Waals surface area contributed by atoms with Gasteiger partial charge in [0.05, 0.1) is 16.3 Å². The normalized spacial score (nSPS) is 14.3. The zero-order valence-electron chi connectivity index (χ0n) is 17.1. The summed E-state index contributed by atoms with van der Waals surface area (Å²) in [5.41, 5.74) is -0.102. The van der Waals surface area contributed by atoms with Crippen LogP contribution in [0, 0.1) is 5.82 Å². The zero-order valence-corrected chi connectivity index (χ0v) is 17.9. The lowest BCUT2D eigenvalue weighted by molar-refractivity contribution is -0.137. The molecule has 1 aromatic carbocycles. The summed E-state index contributed by atoms with van der Waals surface area (Å²) >= 11 is 6.07. The van der Waals surface area contributed by atoms with Gasteiger partial charge in [-0.15, -0.1) is 0 Å². The molecule has 3 heterocycles. The van der Waals surface area contributed by atoms with E-state index in [2.05, 4.69) is 15.3 Å². The van der Waals surface area contributed by atoms with Crippen molar-refractivity contribution in [3.8, 4) is 0 Å². The van der Waals surface area contributed by atoms with Gasteiger partial charge in [-0.25, -0.2) is 14.4 Å². The van der Waals surface area contributed by atoms with E-state index in [0.717, 1.165) is 12.3 Å². The smallest absolute Gasteiger partial charge is 0.352 e. The average Bonchev–Trinajstić information content (AvgIpc) is 2.79. The Balaban J connectivity index is 1.45. The van der Waals surface area contributed by atoms with Gasteiger partial charge < -0.3 is 15.1 Å². The van der Waals surface area contributed by atoms with Crippen LogP contribution in [0.25, 0.3) is 0 Å². The molecule has 172 valence electrons. The number of benzene rings is 1. The van der Waals surface area contributed by atoms with Crippen LogP contribution >= 0.6 is 11.6 Å². The van der Waals surface area contributed by atoms with Gasteiger partial charge in [0.2, 0.25) is 0 Å². The molecular weight excluding hydrogens is 462 g/mol. The molecule has 4 rings (SSSR count). The van der Waals surface area contributed by atoms with Gasteiger partial charge in [-0.1, -0.05) is 11.6 Å². The van der Waals surface area contributed by atoms with Crippen molar-refractivity contribution >= 4 is 34.8 Å². The first-order valence-electron chi connectivity index (χ1n) is 9.97. The first kappa shape index (κ1) is 22.8. The minimum absolute atomic E-state index is 0.0663. The predicted molar refractivity (Wildman–Crippen MR) is 117 cm³/mol. The third-order valence-electron chi connectivity index (χ3n) is 5.17. The van der Waals surface area contributed by atoms with Crippen LogP contribution in [0.3, 0.4) is 0 Å². The molecule has 3 aromatic rings. The maximum atomic E-state index is 13.1. The van der Waals surface area contributed by atoms with Crippen LogP contribution in [0.1, 0.15) is 15.9 Å². The number of halogens is 5. The molecular formula is C22H18ClF4N5O. The quantitative estimate of drug-likeness (QED) is 0.541. The van der Waals surface area contributed by atoms with Crippen LogP contribution in [0.15, 0.2) is 54.9 Å². The summed E-state index contributed by atoms with van der Waals surface area (Å²) in [6, 6.07) is 9.46. The van der Waals surface area contributed by atoms with Gasteiger partial charge in [-0.05, 0) is 42.5 Å². The molecule has 0 atom stereocenters. The van der Waals surface area contributed by atoms with Crippen LogP contribution in [-0.2, 0) is 6.18 Å². The lowest BCUT2D eigenvalue weighted by Crippen LogP contribution is -2.47.